The molecule has 1 fully saturated rings. The van der Waals surface area contributed by atoms with Crippen LogP contribution in [-0.4, -0.2) is 74.7 Å². The summed E-state index contributed by atoms with van der Waals surface area (Å²) in [5.41, 5.74) is 0. The van der Waals surface area contributed by atoms with Crippen molar-refractivity contribution in [3.05, 3.63) is 29.3 Å². The van der Waals surface area contributed by atoms with E-state index in [0.29, 0.717) is 56.7 Å². The number of aliphatic hydroxyl groups excluding tert-OH is 1. The van der Waals surface area contributed by atoms with Gasteiger partial charge in [-0.05, 0) is 24.3 Å². The maximum atomic E-state index is 11.8. The number of hydrogen-bond acceptors (Lipinski definition) is 5. The summed E-state index contributed by atoms with van der Waals surface area (Å²) in [5, 5.41) is 16.4. The Hall–Kier alpha value is -1.54. The van der Waals surface area contributed by atoms with Crippen molar-refractivity contribution >= 4 is 17.6 Å². The Morgan fingerprint density at radius 1 is 1.29 bits per heavy atom. The molecule has 0 radical (unpaired) electrons. The van der Waals surface area contributed by atoms with Crippen LogP contribution in [0.15, 0.2) is 24.3 Å². The predicted molar refractivity (Wildman–Crippen MR) is 91.6 cm³/mol. The Labute approximate surface area is 146 Å². The molecular formula is C16H24ClN3O4. The number of amides is 2. The largest absolute Gasteiger partial charge is 0.491 e. The SMILES string of the molecule is O=C(NCCNCC(O)COc1ccc(Cl)cc1)N1CCOCC1. The lowest BCUT2D eigenvalue weighted by molar-refractivity contribution is 0.0532. The molecule has 0 saturated carbocycles. The molecule has 1 saturated heterocycles. The maximum Gasteiger partial charge on any atom is 0.317 e. The van der Waals surface area contributed by atoms with Gasteiger partial charge in [-0.25, -0.2) is 4.79 Å². The lowest BCUT2D eigenvalue weighted by Gasteiger charge is -2.27. The Kier molecular flexibility index (Phi) is 8.11. The van der Waals surface area contributed by atoms with Gasteiger partial charge in [0.1, 0.15) is 18.5 Å². The smallest absolute Gasteiger partial charge is 0.317 e. The average Bonchev–Trinajstić information content (AvgIpc) is 2.61. The van der Waals surface area contributed by atoms with Gasteiger partial charge in [0.2, 0.25) is 0 Å². The highest BCUT2D eigenvalue weighted by Gasteiger charge is 2.15. The summed E-state index contributed by atoms with van der Waals surface area (Å²) in [6.45, 7) is 4.09. The first-order chi connectivity index (χ1) is 11.6. The van der Waals surface area contributed by atoms with Gasteiger partial charge in [0.15, 0.2) is 0 Å². The number of rotatable bonds is 8. The molecule has 24 heavy (non-hydrogen) atoms. The van der Waals surface area contributed by atoms with E-state index in [1.54, 1.807) is 29.2 Å². The zero-order valence-corrected chi connectivity index (χ0v) is 14.3. The summed E-state index contributed by atoms with van der Waals surface area (Å²) in [6, 6.07) is 6.90. The Balaban J connectivity index is 1.50. The second-order valence-electron chi connectivity index (χ2n) is 5.45. The average molecular weight is 358 g/mol. The summed E-state index contributed by atoms with van der Waals surface area (Å²) in [4.78, 5) is 13.6. The molecule has 0 aromatic heterocycles. The van der Waals surface area contributed by atoms with Gasteiger partial charge in [-0.1, -0.05) is 11.6 Å². The highest BCUT2D eigenvalue weighted by Crippen LogP contribution is 2.15. The van der Waals surface area contributed by atoms with Gasteiger partial charge in [0, 0.05) is 37.7 Å². The fraction of sp³-hybridized carbons (Fsp3) is 0.562. The maximum absolute atomic E-state index is 11.8. The van der Waals surface area contributed by atoms with Gasteiger partial charge in [-0.2, -0.15) is 0 Å². The van der Waals surface area contributed by atoms with E-state index in [0.717, 1.165) is 0 Å². The van der Waals surface area contributed by atoms with Gasteiger partial charge < -0.3 is 30.1 Å². The number of aliphatic hydroxyl groups is 1. The molecular weight excluding hydrogens is 334 g/mol. The molecule has 1 unspecified atom stereocenters. The molecule has 2 rings (SSSR count). The van der Waals surface area contributed by atoms with E-state index >= 15 is 0 Å². The molecule has 0 aliphatic carbocycles. The molecule has 1 aliphatic heterocycles. The van der Waals surface area contributed by atoms with Gasteiger partial charge in [-0.15, -0.1) is 0 Å². The van der Waals surface area contributed by atoms with Crippen LogP contribution in [-0.2, 0) is 4.74 Å². The van der Waals surface area contributed by atoms with Crippen LogP contribution in [0, 0.1) is 0 Å². The number of benzene rings is 1. The summed E-state index contributed by atoms with van der Waals surface area (Å²) in [6.07, 6.45) is -0.629. The zero-order valence-electron chi connectivity index (χ0n) is 13.5. The number of halogens is 1. The zero-order chi connectivity index (χ0) is 17.2. The Morgan fingerprint density at radius 2 is 2.00 bits per heavy atom. The van der Waals surface area contributed by atoms with Crippen LogP contribution >= 0.6 is 11.6 Å². The minimum Gasteiger partial charge on any atom is -0.491 e. The monoisotopic (exact) mass is 357 g/mol. The molecule has 134 valence electrons. The first-order valence-electron chi connectivity index (χ1n) is 8.03. The summed E-state index contributed by atoms with van der Waals surface area (Å²) in [7, 11) is 0. The molecule has 7 nitrogen and oxygen atoms in total. The van der Waals surface area contributed by atoms with Gasteiger partial charge in [0.05, 0.1) is 13.2 Å². The van der Waals surface area contributed by atoms with Crippen molar-refractivity contribution in [1.82, 2.24) is 15.5 Å². The summed E-state index contributed by atoms with van der Waals surface area (Å²) < 4.78 is 10.7. The number of hydrogen-bond donors (Lipinski definition) is 3. The van der Waals surface area contributed by atoms with E-state index in [1.807, 2.05) is 0 Å². The first-order valence-corrected chi connectivity index (χ1v) is 8.40. The lowest BCUT2D eigenvalue weighted by atomic mass is 10.3. The molecule has 3 N–H and O–H groups in total. The topological polar surface area (TPSA) is 83.1 Å². The lowest BCUT2D eigenvalue weighted by Crippen LogP contribution is -2.47. The highest BCUT2D eigenvalue weighted by atomic mass is 35.5. The van der Waals surface area contributed by atoms with Gasteiger partial charge in [-0.3, -0.25) is 0 Å². The van der Waals surface area contributed by atoms with Crippen LogP contribution in [0.2, 0.25) is 5.02 Å². The number of carbonyl (C=O) groups excluding carboxylic acids is 1. The summed E-state index contributed by atoms with van der Waals surface area (Å²) >= 11 is 5.79. The van der Waals surface area contributed by atoms with Crippen molar-refractivity contribution in [2.45, 2.75) is 6.10 Å². The third-order valence-corrected chi connectivity index (χ3v) is 3.76. The van der Waals surface area contributed by atoms with Crippen LogP contribution in [0.3, 0.4) is 0 Å². The predicted octanol–water partition coefficient (Wildman–Crippen LogP) is 0.711. The standard InChI is InChI=1S/C16H24ClN3O4/c17-13-1-3-15(4-2-13)24-12-14(21)11-18-5-6-19-16(22)20-7-9-23-10-8-20/h1-4,14,18,21H,5-12H2,(H,19,22). The molecule has 1 aromatic carbocycles. The fourth-order valence-electron chi connectivity index (χ4n) is 2.19. The van der Waals surface area contributed by atoms with Crippen molar-refractivity contribution in [2.24, 2.45) is 0 Å². The second kappa shape index (κ2) is 10.4. The van der Waals surface area contributed by atoms with E-state index in [4.69, 9.17) is 21.1 Å². The third kappa shape index (κ3) is 6.92. The van der Waals surface area contributed by atoms with Crippen LogP contribution in [0.25, 0.3) is 0 Å². The molecule has 1 atom stereocenters. The number of nitrogens with zero attached hydrogens (tertiary/aromatic N) is 1. The van der Waals surface area contributed by atoms with E-state index in [-0.39, 0.29) is 12.6 Å². The number of nitrogens with one attached hydrogen (secondary N) is 2. The third-order valence-electron chi connectivity index (χ3n) is 3.51. The first kappa shape index (κ1) is 18.8. The number of morpholine rings is 1. The van der Waals surface area contributed by atoms with Crippen molar-refractivity contribution in [2.75, 3.05) is 52.5 Å². The van der Waals surface area contributed by atoms with Crippen LogP contribution in [0.1, 0.15) is 0 Å². The molecule has 1 aliphatic rings. The molecule has 2 amide bonds. The number of urea groups is 1. The highest BCUT2D eigenvalue weighted by molar-refractivity contribution is 6.30. The molecule has 8 heteroatoms. The molecule has 0 spiro atoms. The fourth-order valence-corrected chi connectivity index (χ4v) is 2.31. The van der Waals surface area contributed by atoms with E-state index in [2.05, 4.69) is 10.6 Å². The number of carbonyl (C=O) groups is 1. The minimum atomic E-state index is -0.629. The quantitative estimate of drug-likeness (QED) is 0.597. The van der Waals surface area contributed by atoms with Gasteiger partial charge in [0.25, 0.3) is 0 Å². The van der Waals surface area contributed by atoms with Gasteiger partial charge >= 0.3 is 6.03 Å². The summed E-state index contributed by atoms with van der Waals surface area (Å²) in [5.74, 6) is 0.663. The Morgan fingerprint density at radius 3 is 2.71 bits per heavy atom. The number of ether oxygens (including phenoxy) is 2. The van der Waals surface area contributed by atoms with Crippen LogP contribution in [0.5, 0.6) is 5.75 Å². The van der Waals surface area contributed by atoms with E-state index in [9.17, 15) is 9.90 Å². The molecule has 1 heterocycles. The minimum absolute atomic E-state index is 0.0771. The molecule has 1 aromatic rings. The van der Waals surface area contributed by atoms with Crippen LogP contribution < -0.4 is 15.4 Å². The van der Waals surface area contributed by atoms with Crippen molar-refractivity contribution in [1.29, 1.82) is 0 Å². The van der Waals surface area contributed by atoms with Crippen molar-refractivity contribution < 1.29 is 19.4 Å². The van der Waals surface area contributed by atoms with Crippen molar-refractivity contribution in [3.63, 3.8) is 0 Å². The van der Waals surface area contributed by atoms with Crippen molar-refractivity contribution in [3.8, 4) is 5.75 Å². The normalized spacial score (nSPS) is 15.8. The molecule has 0 bridgehead atoms. The second-order valence-corrected chi connectivity index (χ2v) is 5.89. The van der Waals surface area contributed by atoms with E-state index in [1.165, 1.54) is 0 Å². The van der Waals surface area contributed by atoms with Crippen LogP contribution in [0.4, 0.5) is 4.79 Å². The van der Waals surface area contributed by atoms with E-state index < -0.39 is 6.10 Å². The Bertz CT molecular complexity index is 495.